The van der Waals surface area contributed by atoms with Gasteiger partial charge in [0.15, 0.2) is 0 Å². The molecule has 0 aliphatic heterocycles. The molecule has 0 heterocycles. The summed E-state index contributed by atoms with van der Waals surface area (Å²) in [5, 5.41) is 9.45. The fourth-order valence-electron chi connectivity index (χ4n) is 1.56. The number of unbranched alkanes of at least 4 members (excludes halogenated alkanes) is 1. The van der Waals surface area contributed by atoms with Crippen molar-refractivity contribution in [2.75, 3.05) is 0 Å². The van der Waals surface area contributed by atoms with E-state index in [1.807, 2.05) is 25.2 Å². The Bertz CT molecular complexity index is 330. The van der Waals surface area contributed by atoms with Gasteiger partial charge in [0.25, 0.3) is 0 Å². The molecule has 0 radical (unpaired) electrons. The molecule has 0 fully saturated rings. The zero-order valence-corrected chi connectivity index (χ0v) is 11.8. The van der Waals surface area contributed by atoms with Gasteiger partial charge in [-0.15, -0.1) is 0 Å². The summed E-state index contributed by atoms with van der Waals surface area (Å²) in [6.45, 7) is 4.61. The average molecular weight is 276 g/mol. The monoisotopic (exact) mass is 276 g/mol. The average Bonchev–Trinajstić information content (AvgIpc) is 2.23. The molecular formula is C15H23F3O. The van der Waals surface area contributed by atoms with Crippen molar-refractivity contribution in [1.82, 2.24) is 0 Å². The Morgan fingerprint density at radius 1 is 1.00 bits per heavy atom. The SMILES string of the molecule is CC=CCCC=CCCC(=CC(C)(C)O)C(F)(F)F. The molecule has 0 spiro atoms. The summed E-state index contributed by atoms with van der Waals surface area (Å²) in [6, 6.07) is 0. The van der Waals surface area contributed by atoms with Gasteiger partial charge < -0.3 is 5.11 Å². The Hall–Kier alpha value is -1.03. The number of hydrogen-bond donors (Lipinski definition) is 1. The van der Waals surface area contributed by atoms with Crippen molar-refractivity contribution in [2.24, 2.45) is 0 Å². The summed E-state index contributed by atoms with van der Waals surface area (Å²) < 4.78 is 38.1. The van der Waals surface area contributed by atoms with Gasteiger partial charge >= 0.3 is 6.18 Å². The van der Waals surface area contributed by atoms with E-state index in [1.54, 1.807) is 6.08 Å². The maximum Gasteiger partial charge on any atom is 0.412 e. The second-order valence-electron chi connectivity index (χ2n) is 4.98. The van der Waals surface area contributed by atoms with Crippen LogP contribution >= 0.6 is 0 Å². The van der Waals surface area contributed by atoms with Crippen LogP contribution in [-0.4, -0.2) is 16.9 Å². The van der Waals surface area contributed by atoms with Crippen LogP contribution in [0.5, 0.6) is 0 Å². The number of rotatable bonds is 7. The van der Waals surface area contributed by atoms with Crippen molar-refractivity contribution in [1.29, 1.82) is 0 Å². The summed E-state index contributed by atoms with van der Waals surface area (Å²) in [5.41, 5.74) is -2.11. The molecule has 0 saturated carbocycles. The van der Waals surface area contributed by atoms with Crippen LogP contribution in [0.25, 0.3) is 0 Å². The van der Waals surface area contributed by atoms with Gasteiger partial charge in [0.1, 0.15) is 0 Å². The topological polar surface area (TPSA) is 20.2 Å². The highest BCUT2D eigenvalue weighted by Crippen LogP contribution is 2.31. The van der Waals surface area contributed by atoms with Crippen LogP contribution in [0.2, 0.25) is 0 Å². The number of alkyl halides is 3. The molecule has 0 aromatic carbocycles. The number of hydrogen-bond acceptors (Lipinski definition) is 1. The third-order valence-electron chi connectivity index (χ3n) is 2.37. The first-order valence-electron chi connectivity index (χ1n) is 6.44. The smallest absolute Gasteiger partial charge is 0.386 e. The first kappa shape index (κ1) is 18.0. The minimum absolute atomic E-state index is 0.104. The highest BCUT2D eigenvalue weighted by molar-refractivity contribution is 5.15. The Morgan fingerprint density at radius 3 is 2.00 bits per heavy atom. The van der Waals surface area contributed by atoms with Crippen molar-refractivity contribution in [2.45, 2.75) is 58.2 Å². The summed E-state index contributed by atoms with van der Waals surface area (Å²) in [6.07, 6.45) is 6.08. The van der Waals surface area contributed by atoms with E-state index in [0.29, 0.717) is 6.42 Å². The van der Waals surface area contributed by atoms with Crippen LogP contribution in [0.15, 0.2) is 36.0 Å². The Balaban J connectivity index is 4.35. The molecule has 0 bridgehead atoms. The quantitative estimate of drug-likeness (QED) is 0.516. The molecule has 1 N–H and O–H groups in total. The second kappa shape index (κ2) is 8.20. The maximum atomic E-state index is 12.7. The molecule has 0 aromatic rings. The minimum Gasteiger partial charge on any atom is -0.386 e. The van der Waals surface area contributed by atoms with Gasteiger partial charge in [-0.05, 0) is 52.5 Å². The molecular weight excluding hydrogens is 253 g/mol. The van der Waals surface area contributed by atoms with Crippen LogP contribution in [0.4, 0.5) is 13.2 Å². The van der Waals surface area contributed by atoms with Crippen LogP contribution in [-0.2, 0) is 0 Å². The summed E-state index contributed by atoms with van der Waals surface area (Å²) in [7, 11) is 0. The van der Waals surface area contributed by atoms with Gasteiger partial charge in [0.2, 0.25) is 0 Å². The fraction of sp³-hybridized carbons (Fsp3) is 0.600. The molecule has 110 valence electrons. The number of allylic oxidation sites excluding steroid dienone is 5. The van der Waals surface area contributed by atoms with E-state index >= 15 is 0 Å². The van der Waals surface area contributed by atoms with Crippen molar-refractivity contribution in [3.63, 3.8) is 0 Å². The normalized spacial score (nSPS) is 14.8. The third-order valence-corrected chi connectivity index (χ3v) is 2.37. The molecule has 0 atom stereocenters. The molecule has 0 unspecified atom stereocenters. The lowest BCUT2D eigenvalue weighted by Crippen LogP contribution is -2.21. The second-order valence-corrected chi connectivity index (χ2v) is 4.98. The summed E-state index contributed by atoms with van der Waals surface area (Å²) in [4.78, 5) is 0. The van der Waals surface area contributed by atoms with Gasteiger partial charge in [-0.2, -0.15) is 13.2 Å². The van der Waals surface area contributed by atoms with Crippen molar-refractivity contribution >= 4 is 0 Å². The lowest BCUT2D eigenvalue weighted by atomic mass is 10.0. The molecule has 0 amide bonds. The predicted molar refractivity (Wildman–Crippen MR) is 72.9 cm³/mol. The molecule has 19 heavy (non-hydrogen) atoms. The summed E-state index contributed by atoms with van der Waals surface area (Å²) in [5.74, 6) is 0. The van der Waals surface area contributed by atoms with Crippen LogP contribution in [0.1, 0.15) is 46.5 Å². The lowest BCUT2D eigenvalue weighted by Gasteiger charge is -2.17. The minimum atomic E-state index is -4.38. The van der Waals surface area contributed by atoms with Gasteiger partial charge in [-0.1, -0.05) is 24.3 Å². The molecule has 0 saturated heterocycles. The highest BCUT2D eigenvalue weighted by Gasteiger charge is 2.34. The predicted octanol–water partition coefficient (Wildman–Crippen LogP) is 4.94. The molecule has 0 aliphatic carbocycles. The largest absolute Gasteiger partial charge is 0.412 e. The van der Waals surface area contributed by atoms with E-state index < -0.39 is 17.4 Å². The van der Waals surface area contributed by atoms with Crippen LogP contribution < -0.4 is 0 Å². The van der Waals surface area contributed by atoms with E-state index in [1.165, 1.54) is 13.8 Å². The van der Waals surface area contributed by atoms with Crippen molar-refractivity contribution < 1.29 is 18.3 Å². The lowest BCUT2D eigenvalue weighted by molar-refractivity contribution is -0.0955. The maximum absolute atomic E-state index is 12.7. The molecule has 4 heteroatoms. The van der Waals surface area contributed by atoms with E-state index in [4.69, 9.17) is 0 Å². The van der Waals surface area contributed by atoms with Gasteiger partial charge in [0, 0.05) is 5.57 Å². The Morgan fingerprint density at radius 2 is 1.53 bits per heavy atom. The zero-order chi connectivity index (χ0) is 14.9. The van der Waals surface area contributed by atoms with E-state index in [0.717, 1.165) is 18.9 Å². The van der Waals surface area contributed by atoms with E-state index in [-0.39, 0.29) is 6.42 Å². The molecule has 0 rings (SSSR count). The first-order valence-corrected chi connectivity index (χ1v) is 6.44. The first-order chi connectivity index (χ1) is 8.67. The number of halogens is 3. The van der Waals surface area contributed by atoms with Gasteiger partial charge in [0.05, 0.1) is 5.60 Å². The van der Waals surface area contributed by atoms with E-state index in [2.05, 4.69) is 0 Å². The third kappa shape index (κ3) is 10.6. The molecule has 1 nitrogen and oxygen atoms in total. The van der Waals surface area contributed by atoms with E-state index in [9.17, 15) is 18.3 Å². The van der Waals surface area contributed by atoms with Gasteiger partial charge in [-0.25, -0.2) is 0 Å². The standard InChI is InChI=1S/C15H23F3O/c1-4-5-6-7-8-9-10-11-13(15(16,17)18)12-14(2,3)19/h4-5,8-9,12,19H,6-7,10-11H2,1-3H3. The van der Waals surface area contributed by atoms with Gasteiger partial charge in [-0.3, -0.25) is 0 Å². The Labute approximate surface area is 113 Å². The summed E-state index contributed by atoms with van der Waals surface area (Å²) >= 11 is 0. The molecule has 0 aliphatic rings. The van der Waals surface area contributed by atoms with Crippen LogP contribution in [0, 0.1) is 0 Å². The Kier molecular flexibility index (Phi) is 7.76. The molecule has 0 aromatic heterocycles. The zero-order valence-electron chi connectivity index (χ0n) is 11.8. The highest BCUT2D eigenvalue weighted by atomic mass is 19.4. The van der Waals surface area contributed by atoms with Crippen LogP contribution in [0.3, 0.4) is 0 Å². The number of aliphatic hydroxyl groups is 1. The van der Waals surface area contributed by atoms with Crippen molar-refractivity contribution in [3.8, 4) is 0 Å². The van der Waals surface area contributed by atoms with Crippen molar-refractivity contribution in [3.05, 3.63) is 36.0 Å². The fourth-order valence-corrected chi connectivity index (χ4v) is 1.56.